The molecule has 0 saturated carbocycles. The van der Waals surface area contributed by atoms with Crippen molar-refractivity contribution in [2.75, 3.05) is 18.0 Å². The van der Waals surface area contributed by atoms with E-state index in [4.69, 9.17) is 0 Å². The lowest BCUT2D eigenvalue weighted by Crippen LogP contribution is -2.43. The summed E-state index contributed by atoms with van der Waals surface area (Å²) in [5, 5.41) is 5.83. The molecule has 0 aliphatic carbocycles. The van der Waals surface area contributed by atoms with Gasteiger partial charge < -0.3 is 15.5 Å². The molecule has 1 atom stereocenters. The Labute approximate surface area is 132 Å². The van der Waals surface area contributed by atoms with E-state index in [1.54, 1.807) is 4.90 Å². The Morgan fingerprint density at radius 2 is 1.95 bits per heavy atom. The molecule has 3 amide bonds. The lowest BCUT2D eigenvalue weighted by molar-refractivity contribution is -0.117. The summed E-state index contributed by atoms with van der Waals surface area (Å²) in [6.07, 6.45) is 2.33. The van der Waals surface area contributed by atoms with Crippen LogP contribution in [-0.4, -0.2) is 31.1 Å². The highest BCUT2D eigenvalue weighted by Gasteiger charge is 2.30. The Morgan fingerprint density at radius 3 is 2.59 bits per heavy atom. The number of carbonyl (C=O) groups is 2. The van der Waals surface area contributed by atoms with Crippen LogP contribution in [0.2, 0.25) is 0 Å². The largest absolute Gasteiger partial charge is 0.338 e. The van der Waals surface area contributed by atoms with E-state index in [-0.39, 0.29) is 23.9 Å². The average molecular weight is 303 g/mol. The van der Waals surface area contributed by atoms with Gasteiger partial charge in [0.25, 0.3) is 0 Å². The summed E-state index contributed by atoms with van der Waals surface area (Å²) in [5.74, 6) is 0.290. The monoisotopic (exact) mass is 303 g/mol. The lowest BCUT2D eigenvalue weighted by atomic mass is 10.1. The minimum atomic E-state index is -0.140. The van der Waals surface area contributed by atoms with Gasteiger partial charge in [0.2, 0.25) is 5.91 Å². The maximum absolute atomic E-state index is 12.1. The number of hydrogen-bond acceptors (Lipinski definition) is 2. The van der Waals surface area contributed by atoms with E-state index in [9.17, 15) is 9.59 Å². The van der Waals surface area contributed by atoms with Crippen molar-refractivity contribution in [3.63, 3.8) is 0 Å². The number of nitrogens with zero attached hydrogens (tertiary/aromatic N) is 1. The number of amides is 3. The standard InChI is InChI=1S/C17H25N3O2/c1-3-14(4-2)19-17(22)18-11-13-10-16(21)20(12-13)15-8-6-5-7-9-15/h5-9,13-14H,3-4,10-12H2,1-2H3,(H2,18,19,22). The first-order valence-corrected chi connectivity index (χ1v) is 8.03. The topological polar surface area (TPSA) is 61.4 Å². The Bertz CT molecular complexity index is 500. The Morgan fingerprint density at radius 1 is 1.27 bits per heavy atom. The average Bonchev–Trinajstić information content (AvgIpc) is 2.92. The van der Waals surface area contributed by atoms with Gasteiger partial charge in [-0.1, -0.05) is 32.0 Å². The van der Waals surface area contributed by atoms with Gasteiger partial charge >= 0.3 is 6.03 Å². The van der Waals surface area contributed by atoms with Gasteiger partial charge in [-0.25, -0.2) is 4.79 Å². The summed E-state index contributed by atoms with van der Waals surface area (Å²) in [4.78, 5) is 25.7. The molecule has 120 valence electrons. The second kappa shape index (κ2) is 7.82. The first-order valence-electron chi connectivity index (χ1n) is 8.03. The molecule has 1 fully saturated rings. The SMILES string of the molecule is CCC(CC)NC(=O)NCC1CC(=O)N(c2ccccc2)C1. The van der Waals surface area contributed by atoms with E-state index >= 15 is 0 Å². The summed E-state index contributed by atoms with van der Waals surface area (Å²) in [5.41, 5.74) is 0.927. The van der Waals surface area contributed by atoms with Gasteiger partial charge in [0.05, 0.1) is 0 Å². The molecule has 1 saturated heterocycles. The zero-order valence-electron chi connectivity index (χ0n) is 13.3. The zero-order chi connectivity index (χ0) is 15.9. The van der Waals surface area contributed by atoms with Crippen LogP contribution in [0.1, 0.15) is 33.1 Å². The van der Waals surface area contributed by atoms with Crippen molar-refractivity contribution in [3.8, 4) is 0 Å². The number of rotatable bonds is 6. The van der Waals surface area contributed by atoms with Gasteiger partial charge in [0.1, 0.15) is 0 Å². The number of carbonyl (C=O) groups excluding carboxylic acids is 2. The summed E-state index contributed by atoms with van der Waals surface area (Å²) >= 11 is 0. The molecule has 0 spiro atoms. The molecule has 1 aliphatic rings. The van der Waals surface area contributed by atoms with Crippen LogP contribution in [-0.2, 0) is 4.79 Å². The van der Waals surface area contributed by atoms with E-state index in [2.05, 4.69) is 24.5 Å². The van der Waals surface area contributed by atoms with Crippen LogP contribution in [0, 0.1) is 5.92 Å². The first-order chi connectivity index (χ1) is 10.6. The van der Waals surface area contributed by atoms with Crippen LogP contribution in [0.25, 0.3) is 0 Å². The Hall–Kier alpha value is -2.04. The van der Waals surface area contributed by atoms with Crippen molar-refractivity contribution in [3.05, 3.63) is 30.3 Å². The van der Waals surface area contributed by atoms with Gasteiger partial charge in [0, 0.05) is 37.2 Å². The molecule has 1 unspecified atom stereocenters. The molecule has 1 aromatic rings. The van der Waals surface area contributed by atoms with Gasteiger partial charge in [-0.15, -0.1) is 0 Å². The third-order valence-corrected chi connectivity index (χ3v) is 4.15. The summed E-state index contributed by atoms with van der Waals surface area (Å²) in [6, 6.07) is 9.74. The highest BCUT2D eigenvalue weighted by molar-refractivity contribution is 5.95. The fraction of sp³-hybridized carbons (Fsp3) is 0.529. The van der Waals surface area contributed by atoms with Gasteiger partial charge in [-0.2, -0.15) is 0 Å². The van der Waals surface area contributed by atoms with Crippen LogP contribution >= 0.6 is 0 Å². The van der Waals surface area contributed by atoms with Gasteiger partial charge in [-0.3, -0.25) is 4.79 Å². The zero-order valence-corrected chi connectivity index (χ0v) is 13.3. The van der Waals surface area contributed by atoms with Crippen molar-refractivity contribution >= 4 is 17.6 Å². The smallest absolute Gasteiger partial charge is 0.315 e. The maximum atomic E-state index is 12.1. The van der Waals surface area contributed by atoms with Crippen LogP contribution in [0.3, 0.4) is 0 Å². The minimum absolute atomic E-state index is 0.124. The number of hydrogen-bond donors (Lipinski definition) is 2. The van der Waals surface area contributed by atoms with E-state index in [1.165, 1.54) is 0 Å². The quantitative estimate of drug-likeness (QED) is 0.848. The van der Waals surface area contributed by atoms with Gasteiger partial charge in [0.15, 0.2) is 0 Å². The van der Waals surface area contributed by atoms with Crippen LogP contribution in [0.15, 0.2) is 30.3 Å². The third-order valence-electron chi connectivity index (χ3n) is 4.15. The molecule has 1 aliphatic heterocycles. The molecule has 5 nitrogen and oxygen atoms in total. The van der Waals surface area contributed by atoms with Crippen molar-refractivity contribution < 1.29 is 9.59 Å². The second-order valence-corrected chi connectivity index (χ2v) is 5.78. The normalized spacial score (nSPS) is 17.9. The molecule has 2 N–H and O–H groups in total. The molecular formula is C17H25N3O2. The van der Waals surface area contributed by atoms with Crippen LogP contribution in [0.5, 0.6) is 0 Å². The van der Waals surface area contributed by atoms with E-state index in [1.807, 2.05) is 30.3 Å². The van der Waals surface area contributed by atoms with Crippen molar-refractivity contribution in [2.24, 2.45) is 5.92 Å². The highest BCUT2D eigenvalue weighted by Crippen LogP contribution is 2.24. The van der Waals surface area contributed by atoms with E-state index in [0.29, 0.717) is 19.5 Å². The molecule has 1 aromatic carbocycles. The highest BCUT2D eigenvalue weighted by atomic mass is 16.2. The van der Waals surface area contributed by atoms with Crippen LogP contribution in [0.4, 0.5) is 10.5 Å². The minimum Gasteiger partial charge on any atom is -0.338 e. The number of nitrogens with one attached hydrogen (secondary N) is 2. The number of benzene rings is 1. The third kappa shape index (κ3) is 4.23. The second-order valence-electron chi connectivity index (χ2n) is 5.78. The molecular weight excluding hydrogens is 278 g/mol. The fourth-order valence-corrected chi connectivity index (χ4v) is 2.74. The summed E-state index contributed by atoms with van der Waals surface area (Å²) in [6.45, 7) is 5.30. The lowest BCUT2D eigenvalue weighted by Gasteiger charge is -2.18. The molecule has 2 rings (SSSR count). The van der Waals surface area contributed by atoms with E-state index < -0.39 is 0 Å². The van der Waals surface area contributed by atoms with Crippen molar-refractivity contribution in [1.29, 1.82) is 0 Å². The van der Waals surface area contributed by atoms with Gasteiger partial charge in [-0.05, 0) is 25.0 Å². The fourth-order valence-electron chi connectivity index (χ4n) is 2.74. The summed E-state index contributed by atoms with van der Waals surface area (Å²) in [7, 11) is 0. The summed E-state index contributed by atoms with van der Waals surface area (Å²) < 4.78 is 0. The van der Waals surface area contributed by atoms with E-state index in [0.717, 1.165) is 18.5 Å². The molecule has 0 aromatic heterocycles. The number of para-hydroxylation sites is 1. The van der Waals surface area contributed by atoms with Crippen molar-refractivity contribution in [2.45, 2.75) is 39.2 Å². The molecule has 0 bridgehead atoms. The number of urea groups is 1. The molecule has 5 heteroatoms. The maximum Gasteiger partial charge on any atom is 0.315 e. The molecule has 22 heavy (non-hydrogen) atoms. The first kappa shape index (κ1) is 16.3. The predicted molar refractivity (Wildman–Crippen MR) is 87.8 cm³/mol. The van der Waals surface area contributed by atoms with Crippen LogP contribution < -0.4 is 15.5 Å². The predicted octanol–water partition coefficient (Wildman–Crippen LogP) is 2.53. The number of anilines is 1. The molecule has 1 heterocycles. The molecule has 0 radical (unpaired) electrons. The van der Waals surface area contributed by atoms with Crippen molar-refractivity contribution in [1.82, 2.24) is 10.6 Å². The Kier molecular flexibility index (Phi) is 5.81. The Balaban J connectivity index is 1.81.